The molecular weight excluding hydrogens is 256 g/mol. The summed E-state index contributed by atoms with van der Waals surface area (Å²) in [5.41, 5.74) is 4.28. The maximum Gasteiger partial charge on any atom is 0.0754 e. The third kappa shape index (κ3) is 7.13. The van der Waals surface area contributed by atoms with E-state index < -0.39 is 0 Å². The lowest BCUT2D eigenvalue weighted by atomic mass is 9.84. The van der Waals surface area contributed by atoms with Gasteiger partial charge < -0.3 is 5.11 Å². The molecule has 2 atom stereocenters. The lowest BCUT2D eigenvalue weighted by molar-refractivity contribution is 0.115. The van der Waals surface area contributed by atoms with Crippen LogP contribution in [0, 0.1) is 11.8 Å². The van der Waals surface area contributed by atoms with Gasteiger partial charge in [0.15, 0.2) is 0 Å². The Labute approximate surface area is 131 Å². The maximum absolute atomic E-state index is 10.5. The van der Waals surface area contributed by atoms with Crippen LogP contribution in [0.3, 0.4) is 0 Å². The number of aliphatic hydroxyl groups is 1. The molecule has 120 valence electrons. The van der Waals surface area contributed by atoms with Crippen LogP contribution in [0.1, 0.15) is 73.1 Å². The molecule has 1 aliphatic rings. The monoisotopic (exact) mass is 290 g/mol. The topological polar surface area (TPSA) is 20.2 Å². The fourth-order valence-corrected chi connectivity index (χ4v) is 3.09. The number of allylic oxidation sites excluding steroid dienone is 5. The van der Waals surface area contributed by atoms with Gasteiger partial charge in [0, 0.05) is 0 Å². The normalized spacial score (nSPS) is 34.1. The van der Waals surface area contributed by atoms with Gasteiger partial charge in [0.05, 0.1) is 6.10 Å². The van der Waals surface area contributed by atoms with Crippen LogP contribution >= 0.6 is 0 Å². The molecule has 0 aromatic carbocycles. The summed E-state index contributed by atoms with van der Waals surface area (Å²) in [4.78, 5) is 0. The van der Waals surface area contributed by atoms with E-state index >= 15 is 0 Å². The molecule has 1 heteroatoms. The summed E-state index contributed by atoms with van der Waals surface area (Å²) in [7, 11) is 0. The molecule has 0 saturated carbocycles. The van der Waals surface area contributed by atoms with Crippen LogP contribution in [-0.2, 0) is 0 Å². The second-order valence-corrected chi connectivity index (χ2v) is 7.13. The van der Waals surface area contributed by atoms with Crippen molar-refractivity contribution in [3.05, 3.63) is 34.9 Å². The number of hydrogen-bond acceptors (Lipinski definition) is 1. The Bertz CT molecular complexity index is 398. The van der Waals surface area contributed by atoms with Crippen molar-refractivity contribution in [3.63, 3.8) is 0 Å². The van der Waals surface area contributed by atoms with Crippen molar-refractivity contribution in [1.29, 1.82) is 0 Å². The Balaban J connectivity index is 2.88. The number of aliphatic hydroxyl groups excluding tert-OH is 1. The molecular formula is C20H34O. The van der Waals surface area contributed by atoms with E-state index in [0.717, 1.165) is 32.1 Å². The predicted molar refractivity (Wildman–Crippen MR) is 93.3 cm³/mol. The second kappa shape index (κ2) is 9.25. The minimum Gasteiger partial charge on any atom is -0.389 e. The fourth-order valence-electron chi connectivity index (χ4n) is 3.09. The first kappa shape index (κ1) is 18.2. The van der Waals surface area contributed by atoms with Gasteiger partial charge in [0.1, 0.15) is 0 Å². The molecule has 0 radical (unpaired) electrons. The van der Waals surface area contributed by atoms with Crippen LogP contribution in [0.2, 0.25) is 0 Å². The summed E-state index contributed by atoms with van der Waals surface area (Å²) in [6.07, 6.45) is 13.2. The lowest BCUT2D eigenvalue weighted by Gasteiger charge is -2.25. The minimum absolute atomic E-state index is 0.300. The first-order chi connectivity index (χ1) is 9.90. The van der Waals surface area contributed by atoms with Crippen molar-refractivity contribution in [3.8, 4) is 0 Å². The van der Waals surface area contributed by atoms with Gasteiger partial charge >= 0.3 is 0 Å². The smallest absolute Gasteiger partial charge is 0.0754 e. The van der Waals surface area contributed by atoms with Crippen LogP contribution in [0.5, 0.6) is 0 Å². The standard InChI is InChI=1S/C20H34O/c1-15(2)19-13-12-17(4)10-6-8-16(3)9-7-11-18(5)14-20(19)21/h9-10,14-15,19-21H,6-8,11-13H2,1-5H3/b16-9+,17-10+,18-14+/t19-,20+/m0/s1. The number of rotatable bonds is 1. The van der Waals surface area contributed by atoms with E-state index in [9.17, 15) is 5.11 Å². The van der Waals surface area contributed by atoms with E-state index in [-0.39, 0.29) is 6.10 Å². The first-order valence-electron chi connectivity index (χ1n) is 8.56. The molecule has 1 N–H and O–H groups in total. The summed E-state index contributed by atoms with van der Waals surface area (Å²) >= 11 is 0. The first-order valence-corrected chi connectivity index (χ1v) is 8.56. The zero-order chi connectivity index (χ0) is 15.8. The molecule has 1 nitrogen and oxygen atoms in total. The van der Waals surface area contributed by atoms with E-state index in [0.29, 0.717) is 11.8 Å². The van der Waals surface area contributed by atoms with E-state index in [1.165, 1.54) is 23.1 Å². The van der Waals surface area contributed by atoms with Gasteiger partial charge in [-0.3, -0.25) is 0 Å². The summed E-state index contributed by atoms with van der Waals surface area (Å²) in [5.74, 6) is 0.885. The molecule has 0 aromatic heterocycles. The predicted octanol–water partition coefficient (Wildman–Crippen LogP) is 5.81. The highest BCUT2D eigenvalue weighted by Crippen LogP contribution is 2.26. The van der Waals surface area contributed by atoms with E-state index in [1.54, 1.807) is 0 Å². The quantitative estimate of drug-likeness (QED) is 0.604. The van der Waals surface area contributed by atoms with Crippen molar-refractivity contribution < 1.29 is 5.11 Å². The number of hydrogen-bond donors (Lipinski definition) is 1. The summed E-state index contributed by atoms with van der Waals surface area (Å²) in [6, 6.07) is 0. The zero-order valence-electron chi connectivity index (χ0n) is 14.7. The van der Waals surface area contributed by atoms with E-state index in [2.05, 4.69) is 52.8 Å². The molecule has 0 bridgehead atoms. The Morgan fingerprint density at radius 2 is 1.43 bits per heavy atom. The van der Waals surface area contributed by atoms with E-state index in [1.807, 2.05) is 0 Å². The van der Waals surface area contributed by atoms with Crippen molar-refractivity contribution in [2.75, 3.05) is 0 Å². The van der Waals surface area contributed by atoms with Gasteiger partial charge in [-0.05, 0) is 71.1 Å². The Morgan fingerprint density at radius 1 is 0.905 bits per heavy atom. The van der Waals surface area contributed by atoms with Gasteiger partial charge in [-0.1, -0.05) is 48.8 Å². The largest absolute Gasteiger partial charge is 0.389 e. The minimum atomic E-state index is -0.300. The molecule has 0 aliphatic heterocycles. The van der Waals surface area contributed by atoms with Crippen molar-refractivity contribution in [1.82, 2.24) is 0 Å². The van der Waals surface area contributed by atoms with Gasteiger partial charge in [0.25, 0.3) is 0 Å². The van der Waals surface area contributed by atoms with Crippen LogP contribution in [0.25, 0.3) is 0 Å². The van der Waals surface area contributed by atoms with Crippen LogP contribution in [0.15, 0.2) is 34.9 Å². The highest BCUT2D eigenvalue weighted by Gasteiger charge is 2.20. The van der Waals surface area contributed by atoms with Gasteiger partial charge in [-0.2, -0.15) is 0 Å². The van der Waals surface area contributed by atoms with Crippen LogP contribution in [-0.4, -0.2) is 11.2 Å². The highest BCUT2D eigenvalue weighted by molar-refractivity contribution is 5.09. The molecule has 1 aliphatic carbocycles. The summed E-state index contributed by atoms with van der Waals surface area (Å²) in [5, 5.41) is 10.5. The van der Waals surface area contributed by atoms with Crippen LogP contribution < -0.4 is 0 Å². The third-order valence-electron chi connectivity index (χ3n) is 4.69. The van der Waals surface area contributed by atoms with Crippen LogP contribution in [0.4, 0.5) is 0 Å². The Morgan fingerprint density at radius 3 is 2.00 bits per heavy atom. The summed E-state index contributed by atoms with van der Waals surface area (Å²) < 4.78 is 0. The molecule has 0 fully saturated rings. The third-order valence-corrected chi connectivity index (χ3v) is 4.69. The van der Waals surface area contributed by atoms with Crippen molar-refractivity contribution in [2.45, 2.75) is 79.2 Å². The van der Waals surface area contributed by atoms with Crippen molar-refractivity contribution in [2.24, 2.45) is 11.8 Å². The molecule has 0 saturated heterocycles. The molecule has 0 unspecified atom stereocenters. The molecule has 21 heavy (non-hydrogen) atoms. The molecule has 0 heterocycles. The van der Waals surface area contributed by atoms with Gasteiger partial charge in [-0.15, -0.1) is 0 Å². The SMILES string of the molecule is C/C1=C\CC/C(C)=C/[C@@H](O)[C@H](C(C)C)CC/C(C)=C/CC1. The molecule has 0 aromatic rings. The zero-order valence-corrected chi connectivity index (χ0v) is 14.7. The molecule has 1 rings (SSSR count). The van der Waals surface area contributed by atoms with E-state index in [4.69, 9.17) is 0 Å². The summed E-state index contributed by atoms with van der Waals surface area (Å²) in [6.45, 7) is 11.1. The average molecular weight is 290 g/mol. The second-order valence-electron chi connectivity index (χ2n) is 7.13. The molecule has 0 spiro atoms. The molecule has 0 amide bonds. The maximum atomic E-state index is 10.5. The Kier molecular flexibility index (Phi) is 8.03. The fraction of sp³-hybridized carbons (Fsp3) is 0.700. The van der Waals surface area contributed by atoms with Crippen molar-refractivity contribution >= 4 is 0 Å². The van der Waals surface area contributed by atoms with Gasteiger partial charge in [-0.25, -0.2) is 0 Å². The lowest BCUT2D eigenvalue weighted by Crippen LogP contribution is -2.24. The van der Waals surface area contributed by atoms with Gasteiger partial charge in [0.2, 0.25) is 0 Å². The average Bonchev–Trinajstić information content (AvgIpc) is 2.37. The highest BCUT2D eigenvalue weighted by atomic mass is 16.3. The Hall–Kier alpha value is -0.820.